The Morgan fingerprint density at radius 1 is 1.44 bits per heavy atom. The Bertz CT molecular complexity index is 278. The molecule has 0 spiro atoms. The molecule has 1 N–H and O–H groups in total. The summed E-state index contributed by atoms with van der Waals surface area (Å²) < 4.78 is 11.0. The van der Waals surface area contributed by atoms with Crippen LogP contribution in [0, 0.1) is 5.92 Å². The first-order valence-corrected chi connectivity index (χ1v) is 6.88. The quantitative estimate of drug-likeness (QED) is 0.768. The van der Waals surface area contributed by atoms with E-state index in [1.54, 1.807) is 0 Å². The molecule has 0 radical (unpaired) electrons. The number of rotatable bonds is 6. The fourth-order valence-corrected chi connectivity index (χ4v) is 2.87. The number of aliphatic carboxylic acids is 1. The molecule has 3 atom stereocenters. The second-order valence-electron chi connectivity index (χ2n) is 5.18. The van der Waals surface area contributed by atoms with Crippen molar-refractivity contribution >= 4 is 5.97 Å². The van der Waals surface area contributed by atoms with Crippen molar-refractivity contribution in [1.82, 2.24) is 4.90 Å². The fourth-order valence-electron chi connectivity index (χ4n) is 2.87. The summed E-state index contributed by atoms with van der Waals surface area (Å²) in [4.78, 5) is 13.5. The van der Waals surface area contributed by atoms with Crippen LogP contribution in [0.15, 0.2) is 0 Å². The Balaban J connectivity index is 1.96. The minimum Gasteiger partial charge on any atom is -0.481 e. The van der Waals surface area contributed by atoms with Gasteiger partial charge in [-0.05, 0) is 25.8 Å². The van der Waals surface area contributed by atoms with Crippen molar-refractivity contribution in [3.05, 3.63) is 0 Å². The largest absolute Gasteiger partial charge is 0.481 e. The zero-order valence-corrected chi connectivity index (χ0v) is 11.0. The minimum atomic E-state index is -0.744. The first-order valence-electron chi connectivity index (χ1n) is 6.88. The second-order valence-corrected chi connectivity index (χ2v) is 5.18. The summed E-state index contributed by atoms with van der Waals surface area (Å²) in [6, 6.07) is 0.00616. The summed E-state index contributed by atoms with van der Waals surface area (Å²) >= 11 is 0. The van der Waals surface area contributed by atoms with E-state index in [9.17, 15) is 9.90 Å². The summed E-state index contributed by atoms with van der Waals surface area (Å²) in [6.07, 6.45) is 3.50. The maximum absolute atomic E-state index is 11.2. The van der Waals surface area contributed by atoms with Gasteiger partial charge in [-0.1, -0.05) is 6.92 Å². The van der Waals surface area contributed by atoms with Gasteiger partial charge in [0, 0.05) is 19.2 Å². The Kier molecular flexibility index (Phi) is 4.97. The van der Waals surface area contributed by atoms with Crippen LogP contribution in [0.25, 0.3) is 0 Å². The average Bonchev–Trinajstić information content (AvgIpc) is 2.99. The molecule has 2 aliphatic rings. The van der Waals surface area contributed by atoms with Gasteiger partial charge >= 0.3 is 5.97 Å². The lowest BCUT2D eigenvalue weighted by Crippen LogP contribution is -2.46. The number of carboxylic acid groups (broad SMARTS) is 1. The normalized spacial score (nSPS) is 32.2. The highest BCUT2D eigenvalue weighted by Crippen LogP contribution is 2.23. The Morgan fingerprint density at radius 2 is 2.28 bits per heavy atom. The van der Waals surface area contributed by atoms with Crippen LogP contribution >= 0.6 is 0 Å². The molecule has 0 aromatic rings. The standard InChI is InChI=1S/C13H23NO4/c1-2-5-14(7-10-4-3-6-18-10)12-9-17-8-11(12)13(15)16/h10-12H,2-9H2,1H3,(H,15,16). The van der Waals surface area contributed by atoms with Crippen LogP contribution in [-0.4, -0.2) is 61.0 Å². The molecule has 5 nitrogen and oxygen atoms in total. The first kappa shape index (κ1) is 13.8. The Labute approximate surface area is 108 Å². The maximum atomic E-state index is 11.2. The summed E-state index contributed by atoms with van der Waals surface area (Å²) in [5.74, 6) is -1.14. The summed E-state index contributed by atoms with van der Waals surface area (Å²) in [7, 11) is 0. The maximum Gasteiger partial charge on any atom is 0.310 e. The van der Waals surface area contributed by atoms with E-state index in [4.69, 9.17) is 9.47 Å². The van der Waals surface area contributed by atoms with Crippen LogP contribution in [0.5, 0.6) is 0 Å². The highest BCUT2D eigenvalue weighted by molar-refractivity contribution is 5.71. The summed E-state index contributed by atoms with van der Waals surface area (Å²) in [5.41, 5.74) is 0. The lowest BCUT2D eigenvalue weighted by Gasteiger charge is -2.31. The average molecular weight is 257 g/mol. The second kappa shape index (κ2) is 6.50. The molecule has 0 bridgehead atoms. The van der Waals surface area contributed by atoms with E-state index in [0.717, 1.165) is 39.0 Å². The van der Waals surface area contributed by atoms with Gasteiger partial charge in [-0.2, -0.15) is 0 Å². The van der Waals surface area contributed by atoms with E-state index in [1.807, 2.05) is 0 Å². The SMILES string of the molecule is CCCN(CC1CCCO1)C1COCC1C(=O)O. The minimum absolute atomic E-state index is 0.00616. The lowest BCUT2D eigenvalue weighted by atomic mass is 10.0. The van der Waals surface area contributed by atoms with Crippen LogP contribution in [0.2, 0.25) is 0 Å². The summed E-state index contributed by atoms with van der Waals surface area (Å²) in [5, 5.41) is 9.22. The number of carboxylic acids is 1. The number of carbonyl (C=O) groups is 1. The summed E-state index contributed by atoms with van der Waals surface area (Å²) in [6.45, 7) is 5.58. The zero-order valence-electron chi connectivity index (χ0n) is 11.0. The van der Waals surface area contributed by atoms with Crippen molar-refractivity contribution in [3.8, 4) is 0 Å². The molecular weight excluding hydrogens is 234 g/mol. The number of nitrogens with zero attached hydrogens (tertiary/aromatic N) is 1. The number of hydrogen-bond donors (Lipinski definition) is 1. The number of hydrogen-bond acceptors (Lipinski definition) is 4. The van der Waals surface area contributed by atoms with E-state index in [0.29, 0.717) is 13.2 Å². The first-order chi connectivity index (χ1) is 8.72. The molecule has 2 rings (SSSR count). The van der Waals surface area contributed by atoms with E-state index in [1.165, 1.54) is 0 Å². The van der Waals surface area contributed by atoms with Crippen molar-refractivity contribution in [2.75, 3.05) is 32.9 Å². The molecule has 18 heavy (non-hydrogen) atoms. The third-order valence-electron chi connectivity index (χ3n) is 3.81. The van der Waals surface area contributed by atoms with Crippen LogP contribution in [-0.2, 0) is 14.3 Å². The van der Waals surface area contributed by atoms with Gasteiger partial charge in [0.05, 0.1) is 25.2 Å². The fraction of sp³-hybridized carbons (Fsp3) is 0.923. The van der Waals surface area contributed by atoms with Gasteiger partial charge in [-0.25, -0.2) is 0 Å². The molecular formula is C13H23NO4. The Hall–Kier alpha value is -0.650. The van der Waals surface area contributed by atoms with Gasteiger partial charge in [0.25, 0.3) is 0 Å². The molecule has 3 unspecified atom stereocenters. The van der Waals surface area contributed by atoms with Crippen LogP contribution in [0.3, 0.4) is 0 Å². The molecule has 0 amide bonds. The van der Waals surface area contributed by atoms with Gasteiger partial charge < -0.3 is 14.6 Å². The van der Waals surface area contributed by atoms with Gasteiger partial charge in [-0.15, -0.1) is 0 Å². The smallest absolute Gasteiger partial charge is 0.310 e. The predicted molar refractivity (Wildman–Crippen MR) is 66.6 cm³/mol. The predicted octanol–water partition coefficient (Wildman–Crippen LogP) is 0.977. The third kappa shape index (κ3) is 3.22. The van der Waals surface area contributed by atoms with Gasteiger partial charge in [-0.3, -0.25) is 9.69 Å². The Morgan fingerprint density at radius 3 is 2.89 bits per heavy atom. The number of ether oxygens (including phenoxy) is 2. The third-order valence-corrected chi connectivity index (χ3v) is 3.81. The van der Waals surface area contributed by atoms with Crippen molar-refractivity contribution in [3.63, 3.8) is 0 Å². The van der Waals surface area contributed by atoms with E-state index in [-0.39, 0.29) is 12.1 Å². The monoisotopic (exact) mass is 257 g/mol. The lowest BCUT2D eigenvalue weighted by molar-refractivity contribution is -0.143. The van der Waals surface area contributed by atoms with Crippen molar-refractivity contribution in [2.24, 2.45) is 5.92 Å². The van der Waals surface area contributed by atoms with E-state index in [2.05, 4.69) is 11.8 Å². The zero-order chi connectivity index (χ0) is 13.0. The molecule has 0 aromatic heterocycles. The van der Waals surface area contributed by atoms with E-state index >= 15 is 0 Å². The molecule has 0 aliphatic carbocycles. The molecule has 2 heterocycles. The van der Waals surface area contributed by atoms with Crippen LogP contribution in [0.1, 0.15) is 26.2 Å². The van der Waals surface area contributed by atoms with Crippen LogP contribution < -0.4 is 0 Å². The van der Waals surface area contributed by atoms with Gasteiger partial charge in [0.15, 0.2) is 0 Å². The molecule has 2 saturated heterocycles. The van der Waals surface area contributed by atoms with Crippen molar-refractivity contribution in [2.45, 2.75) is 38.3 Å². The van der Waals surface area contributed by atoms with Gasteiger partial charge in [0.1, 0.15) is 0 Å². The molecule has 2 aliphatic heterocycles. The van der Waals surface area contributed by atoms with E-state index < -0.39 is 11.9 Å². The molecule has 2 fully saturated rings. The molecule has 5 heteroatoms. The molecule has 0 saturated carbocycles. The highest BCUT2D eigenvalue weighted by Gasteiger charge is 2.38. The van der Waals surface area contributed by atoms with Crippen molar-refractivity contribution in [1.29, 1.82) is 0 Å². The van der Waals surface area contributed by atoms with Crippen molar-refractivity contribution < 1.29 is 19.4 Å². The topological polar surface area (TPSA) is 59.0 Å². The van der Waals surface area contributed by atoms with Crippen LogP contribution in [0.4, 0.5) is 0 Å². The molecule has 0 aromatic carbocycles. The van der Waals surface area contributed by atoms with Gasteiger partial charge in [0.2, 0.25) is 0 Å². The molecule has 104 valence electrons. The highest BCUT2D eigenvalue weighted by atomic mass is 16.5.